The average molecular weight is 372 g/mol. The van der Waals surface area contributed by atoms with Crippen molar-refractivity contribution in [3.05, 3.63) is 59.0 Å². The van der Waals surface area contributed by atoms with Gasteiger partial charge in [0.1, 0.15) is 5.82 Å². The summed E-state index contributed by atoms with van der Waals surface area (Å²) in [5.41, 5.74) is 10.2. The number of pyridine rings is 1. The van der Waals surface area contributed by atoms with Crippen LogP contribution in [0.15, 0.2) is 36.4 Å². The quantitative estimate of drug-likeness (QED) is 0.737. The second-order valence-electron chi connectivity index (χ2n) is 7.37. The minimum absolute atomic E-state index is 0.0449. The van der Waals surface area contributed by atoms with Crippen molar-refractivity contribution in [3.8, 4) is 17.2 Å². The molecule has 1 aliphatic heterocycles. The van der Waals surface area contributed by atoms with Gasteiger partial charge in [0.25, 0.3) is 5.91 Å². The first-order valence-electron chi connectivity index (χ1n) is 9.30. The number of hydrogen-bond acceptors (Lipinski definition) is 4. The first kappa shape index (κ1) is 16.7. The molecule has 2 heterocycles. The number of amides is 1. The molecular formula is C22H17FN4O. The molecule has 28 heavy (non-hydrogen) atoms. The summed E-state index contributed by atoms with van der Waals surface area (Å²) in [4.78, 5) is 19.6. The Kier molecular flexibility index (Phi) is 3.59. The Morgan fingerprint density at radius 1 is 1.21 bits per heavy atom. The van der Waals surface area contributed by atoms with Crippen LogP contribution in [0.25, 0.3) is 22.0 Å². The molecule has 0 bridgehead atoms. The van der Waals surface area contributed by atoms with Gasteiger partial charge >= 0.3 is 0 Å². The molecule has 1 amide bonds. The number of nitrogens with zero attached hydrogens (tertiary/aromatic N) is 3. The zero-order valence-electron chi connectivity index (χ0n) is 15.1. The number of carbonyl (C=O) groups excluding carboxylic acids is 1. The number of halogens is 1. The Morgan fingerprint density at radius 2 is 2.04 bits per heavy atom. The van der Waals surface area contributed by atoms with Crippen molar-refractivity contribution >= 4 is 22.5 Å². The van der Waals surface area contributed by atoms with Gasteiger partial charge in [0.05, 0.1) is 40.6 Å². The molecule has 0 unspecified atom stereocenters. The van der Waals surface area contributed by atoms with E-state index in [4.69, 9.17) is 10.7 Å². The van der Waals surface area contributed by atoms with Gasteiger partial charge in [0, 0.05) is 22.6 Å². The largest absolute Gasteiger partial charge is 0.397 e. The molecule has 1 fully saturated rings. The number of aromatic nitrogens is 1. The van der Waals surface area contributed by atoms with E-state index in [0.29, 0.717) is 45.5 Å². The maximum absolute atomic E-state index is 13.6. The molecule has 0 saturated heterocycles. The zero-order valence-corrected chi connectivity index (χ0v) is 15.1. The minimum Gasteiger partial charge on any atom is -0.397 e. The predicted molar refractivity (Wildman–Crippen MR) is 104 cm³/mol. The zero-order chi connectivity index (χ0) is 19.4. The van der Waals surface area contributed by atoms with Crippen molar-refractivity contribution in [2.24, 2.45) is 0 Å². The highest BCUT2D eigenvalue weighted by Crippen LogP contribution is 2.39. The van der Waals surface area contributed by atoms with Crippen LogP contribution in [0.2, 0.25) is 0 Å². The maximum Gasteiger partial charge on any atom is 0.258 e. The van der Waals surface area contributed by atoms with Crippen LogP contribution >= 0.6 is 0 Å². The van der Waals surface area contributed by atoms with E-state index >= 15 is 0 Å². The summed E-state index contributed by atoms with van der Waals surface area (Å²) in [5, 5.41) is 10.1. The van der Waals surface area contributed by atoms with Crippen LogP contribution < -0.4 is 5.73 Å². The molecule has 5 nitrogen and oxygen atoms in total. The van der Waals surface area contributed by atoms with Crippen LogP contribution in [-0.2, 0) is 6.54 Å². The predicted octanol–water partition coefficient (Wildman–Crippen LogP) is 4.00. The van der Waals surface area contributed by atoms with Gasteiger partial charge in [-0.1, -0.05) is 24.3 Å². The number of nitrogens with two attached hydrogens (primary N) is 1. The summed E-state index contributed by atoms with van der Waals surface area (Å²) in [6, 6.07) is 11.9. The lowest BCUT2D eigenvalue weighted by Gasteiger charge is -2.34. The van der Waals surface area contributed by atoms with Crippen molar-refractivity contribution in [1.82, 2.24) is 9.88 Å². The molecule has 0 radical (unpaired) electrons. The lowest BCUT2D eigenvalue weighted by molar-refractivity contribution is 0.0606. The van der Waals surface area contributed by atoms with Gasteiger partial charge in [-0.05, 0) is 31.4 Å². The molecule has 0 atom stereocenters. The number of nitrogen functional groups attached to an aromatic ring is 1. The van der Waals surface area contributed by atoms with E-state index in [1.54, 1.807) is 6.07 Å². The Morgan fingerprint density at radius 3 is 2.75 bits per heavy atom. The molecule has 5 rings (SSSR count). The lowest BCUT2D eigenvalue weighted by atomic mass is 9.92. The van der Waals surface area contributed by atoms with Crippen molar-refractivity contribution < 1.29 is 9.18 Å². The third-order valence-electron chi connectivity index (χ3n) is 5.83. The lowest BCUT2D eigenvalue weighted by Crippen LogP contribution is -2.40. The number of nitriles is 1. The number of fused-ring (bicyclic) bond motifs is 2. The van der Waals surface area contributed by atoms with E-state index in [1.807, 2.05) is 29.2 Å². The maximum atomic E-state index is 13.6. The molecule has 1 aromatic heterocycles. The Balaban J connectivity index is 1.72. The van der Waals surface area contributed by atoms with E-state index in [9.17, 15) is 14.4 Å². The molecule has 3 aromatic rings. The fraction of sp³-hybridized carbons (Fsp3) is 0.227. The van der Waals surface area contributed by atoms with Crippen molar-refractivity contribution in [2.75, 3.05) is 5.73 Å². The van der Waals surface area contributed by atoms with Crippen molar-refractivity contribution in [2.45, 2.75) is 31.8 Å². The van der Waals surface area contributed by atoms with Gasteiger partial charge in [-0.3, -0.25) is 4.79 Å². The van der Waals surface area contributed by atoms with Crippen LogP contribution in [0.4, 0.5) is 10.1 Å². The molecule has 1 aliphatic carbocycles. The highest BCUT2D eigenvalue weighted by molar-refractivity contribution is 6.11. The molecule has 138 valence electrons. The Hall–Kier alpha value is -3.46. The highest BCUT2D eigenvalue weighted by atomic mass is 19.1. The summed E-state index contributed by atoms with van der Waals surface area (Å²) in [7, 11) is 0. The Labute approximate surface area is 161 Å². The molecule has 2 aliphatic rings. The van der Waals surface area contributed by atoms with E-state index < -0.39 is 5.82 Å². The molecule has 1 saturated carbocycles. The van der Waals surface area contributed by atoms with Gasteiger partial charge < -0.3 is 10.6 Å². The van der Waals surface area contributed by atoms with Crippen LogP contribution in [0.3, 0.4) is 0 Å². The first-order chi connectivity index (χ1) is 13.6. The molecule has 6 heteroatoms. The summed E-state index contributed by atoms with van der Waals surface area (Å²) in [6.45, 7) is 0.460. The average Bonchev–Trinajstić information content (AvgIpc) is 2.96. The van der Waals surface area contributed by atoms with Gasteiger partial charge in [-0.25, -0.2) is 9.37 Å². The fourth-order valence-electron chi connectivity index (χ4n) is 4.15. The highest BCUT2D eigenvalue weighted by Gasteiger charge is 2.38. The Bertz CT molecular complexity index is 1190. The number of benzene rings is 2. The van der Waals surface area contributed by atoms with Gasteiger partial charge in [0.15, 0.2) is 0 Å². The van der Waals surface area contributed by atoms with Crippen LogP contribution in [0, 0.1) is 17.1 Å². The molecule has 2 aromatic carbocycles. The fourth-order valence-corrected chi connectivity index (χ4v) is 4.15. The van der Waals surface area contributed by atoms with E-state index in [0.717, 1.165) is 19.3 Å². The number of hydrogen-bond donors (Lipinski definition) is 1. The monoisotopic (exact) mass is 372 g/mol. The number of carbonyl (C=O) groups is 1. The smallest absolute Gasteiger partial charge is 0.258 e. The molecular weight excluding hydrogens is 355 g/mol. The second-order valence-corrected chi connectivity index (χ2v) is 7.37. The third-order valence-corrected chi connectivity index (χ3v) is 5.83. The summed E-state index contributed by atoms with van der Waals surface area (Å²) < 4.78 is 13.6. The number of para-hydroxylation sites is 1. The summed E-state index contributed by atoms with van der Waals surface area (Å²) in [5.74, 6) is -0.507. The van der Waals surface area contributed by atoms with Crippen molar-refractivity contribution in [1.29, 1.82) is 5.26 Å². The summed E-state index contributed by atoms with van der Waals surface area (Å²) in [6.07, 6.45) is 3.18. The van der Waals surface area contributed by atoms with E-state index in [1.165, 1.54) is 12.1 Å². The number of rotatable bonds is 2. The van der Waals surface area contributed by atoms with E-state index in [2.05, 4.69) is 0 Å². The minimum atomic E-state index is -0.462. The summed E-state index contributed by atoms with van der Waals surface area (Å²) >= 11 is 0. The standard InChI is InChI=1S/C22H17FN4O/c23-13-7-8-15(12(9-13)10-24)16-5-2-6-17-20(25)19-18(26-21(16)17)11-27(22(19)28)14-3-1-4-14/h2,5-9,14H,1,3-4,11H2,(H2,25,26). The SMILES string of the molecule is N#Cc1cc(F)ccc1-c1cccc2c(N)c3c(nc12)CN(C1CCC1)C3=O. The van der Waals surface area contributed by atoms with Gasteiger partial charge in [0.2, 0.25) is 0 Å². The van der Waals surface area contributed by atoms with Crippen LogP contribution in [0.5, 0.6) is 0 Å². The van der Waals surface area contributed by atoms with Gasteiger partial charge in [-0.15, -0.1) is 0 Å². The van der Waals surface area contributed by atoms with Crippen LogP contribution in [-0.4, -0.2) is 21.8 Å². The third kappa shape index (κ3) is 2.29. The normalized spacial score (nSPS) is 16.1. The number of anilines is 1. The topological polar surface area (TPSA) is 83.0 Å². The van der Waals surface area contributed by atoms with Gasteiger partial charge in [-0.2, -0.15) is 5.26 Å². The van der Waals surface area contributed by atoms with Crippen LogP contribution in [0.1, 0.15) is 40.9 Å². The van der Waals surface area contributed by atoms with Crippen molar-refractivity contribution in [3.63, 3.8) is 0 Å². The second kappa shape index (κ2) is 6.03. The molecule has 0 spiro atoms. The molecule has 2 N–H and O–H groups in total. The van der Waals surface area contributed by atoms with E-state index in [-0.39, 0.29) is 17.5 Å². The first-order valence-corrected chi connectivity index (χ1v) is 9.30.